The van der Waals surface area contributed by atoms with E-state index in [1.807, 2.05) is 0 Å². The number of likely N-dealkylation sites (N-methyl/N-ethyl adjacent to an activating group) is 1. The molecule has 1 heterocycles. The van der Waals surface area contributed by atoms with Gasteiger partial charge in [-0.05, 0) is 26.1 Å². The van der Waals surface area contributed by atoms with E-state index in [0.717, 1.165) is 52.4 Å². The van der Waals surface area contributed by atoms with Crippen molar-refractivity contribution in [1.82, 2.24) is 15.1 Å². The van der Waals surface area contributed by atoms with Crippen LogP contribution in [-0.2, 0) is 4.74 Å². The van der Waals surface area contributed by atoms with Crippen molar-refractivity contribution in [3.05, 3.63) is 0 Å². The molecule has 0 amide bonds. The van der Waals surface area contributed by atoms with Crippen LogP contribution in [0.4, 0.5) is 0 Å². The summed E-state index contributed by atoms with van der Waals surface area (Å²) in [5.41, 5.74) is 0. The van der Waals surface area contributed by atoms with Crippen LogP contribution in [0.3, 0.4) is 0 Å². The van der Waals surface area contributed by atoms with E-state index in [1.54, 1.807) is 0 Å². The molecule has 1 saturated heterocycles. The molecule has 0 bridgehead atoms. The summed E-state index contributed by atoms with van der Waals surface area (Å²) in [6, 6.07) is 0. The van der Waals surface area contributed by atoms with Crippen LogP contribution >= 0.6 is 0 Å². The summed E-state index contributed by atoms with van der Waals surface area (Å²) < 4.78 is 5.81. The number of nitrogens with one attached hydrogen (secondary N) is 1. The van der Waals surface area contributed by atoms with Gasteiger partial charge in [0, 0.05) is 32.7 Å². The minimum atomic E-state index is 0.365. The Morgan fingerprint density at radius 3 is 2.89 bits per heavy atom. The van der Waals surface area contributed by atoms with Gasteiger partial charge in [-0.25, -0.2) is 0 Å². The lowest BCUT2D eigenvalue weighted by molar-refractivity contribution is -0.0287. The van der Waals surface area contributed by atoms with Gasteiger partial charge in [-0.2, -0.15) is 0 Å². The van der Waals surface area contributed by atoms with Gasteiger partial charge < -0.3 is 15.0 Å². The van der Waals surface area contributed by atoms with Gasteiger partial charge in [-0.15, -0.1) is 0 Å². The lowest BCUT2D eigenvalue weighted by atomic mass is 10.2. The summed E-state index contributed by atoms with van der Waals surface area (Å²) in [7, 11) is 2.18. The van der Waals surface area contributed by atoms with E-state index in [1.165, 1.54) is 0 Å². The van der Waals surface area contributed by atoms with Gasteiger partial charge in [0.25, 0.3) is 0 Å². The molecule has 0 aromatic carbocycles. The molecular formula is C14H31N3O. The summed E-state index contributed by atoms with van der Waals surface area (Å²) in [6.07, 6.45) is 0.365. The predicted octanol–water partition coefficient (Wildman–Crippen LogP) is 0.885. The van der Waals surface area contributed by atoms with E-state index in [4.69, 9.17) is 4.74 Å². The topological polar surface area (TPSA) is 27.7 Å². The number of hydrogen-bond acceptors (Lipinski definition) is 4. The number of hydrogen-bond donors (Lipinski definition) is 1. The minimum Gasteiger partial charge on any atom is -0.374 e. The molecule has 1 fully saturated rings. The zero-order valence-electron chi connectivity index (χ0n) is 12.6. The second-order valence-electron chi connectivity index (χ2n) is 5.74. The molecule has 108 valence electrons. The molecular weight excluding hydrogens is 226 g/mol. The van der Waals surface area contributed by atoms with Gasteiger partial charge in [-0.3, -0.25) is 4.90 Å². The van der Waals surface area contributed by atoms with E-state index >= 15 is 0 Å². The second kappa shape index (κ2) is 8.86. The van der Waals surface area contributed by atoms with Crippen molar-refractivity contribution in [2.75, 3.05) is 59.5 Å². The highest BCUT2D eigenvalue weighted by atomic mass is 16.5. The lowest BCUT2D eigenvalue weighted by Crippen LogP contribution is -2.48. The molecule has 4 heteroatoms. The molecule has 0 aliphatic carbocycles. The van der Waals surface area contributed by atoms with Crippen molar-refractivity contribution < 1.29 is 4.74 Å². The van der Waals surface area contributed by atoms with Crippen molar-refractivity contribution in [3.63, 3.8) is 0 Å². The fraction of sp³-hybridized carbons (Fsp3) is 1.00. The Balaban J connectivity index is 2.15. The van der Waals surface area contributed by atoms with Gasteiger partial charge in [0.15, 0.2) is 0 Å². The smallest absolute Gasteiger partial charge is 0.0826 e. The molecule has 0 saturated carbocycles. The predicted molar refractivity (Wildman–Crippen MR) is 77.1 cm³/mol. The first-order valence-electron chi connectivity index (χ1n) is 7.35. The van der Waals surface area contributed by atoms with Crippen molar-refractivity contribution in [2.24, 2.45) is 5.92 Å². The summed E-state index contributed by atoms with van der Waals surface area (Å²) in [5.74, 6) is 0.711. The average molecular weight is 257 g/mol. The van der Waals surface area contributed by atoms with E-state index in [-0.39, 0.29) is 0 Å². The van der Waals surface area contributed by atoms with E-state index in [2.05, 4.69) is 42.9 Å². The fourth-order valence-electron chi connectivity index (χ4n) is 2.11. The van der Waals surface area contributed by atoms with E-state index in [9.17, 15) is 0 Å². The third-order valence-corrected chi connectivity index (χ3v) is 3.49. The molecule has 0 aromatic rings. The third-order valence-electron chi connectivity index (χ3n) is 3.49. The van der Waals surface area contributed by atoms with Crippen LogP contribution in [-0.4, -0.2) is 75.4 Å². The Morgan fingerprint density at radius 2 is 2.22 bits per heavy atom. The van der Waals surface area contributed by atoms with Crippen LogP contribution < -0.4 is 5.32 Å². The Morgan fingerprint density at radius 1 is 1.44 bits per heavy atom. The lowest BCUT2D eigenvalue weighted by Gasteiger charge is -2.34. The molecule has 18 heavy (non-hydrogen) atoms. The Bertz CT molecular complexity index is 211. The molecule has 0 spiro atoms. The standard InChI is InChI=1S/C14H31N3O/c1-5-16(4)6-7-17-8-9-18-14(12-17)11-15-10-13(2)3/h13-15H,5-12H2,1-4H3/t14-/m0/s1. The maximum Gasteiger partial charge on any atom is 0.0826 e. The maximum absolute atomic E-state index is 5.81. The molecule has 4 nitrogen and oxygen atoms in total. The number of ether oxygens (including phenoxy) is 1. The summed E-state index contributed by atoms with van der Waals surface area (Å²) in [5, 5.41) is 3.49. The normalized spacial score (nSPS) is 22.0. The highest BCUT2D eigenvalue weighted by Crippen LogP contribution is 2.04. The molecule has 1 rings (SSSR count). The molecule has 1 atom stereocenters. The highest BCUT2D eigenvalue weighted by molar-refractivity contribution is 4.74. The average Bonchev–Trinajstić information content (AvgIpc) is 2.36. The summed E-state index contributed by atoms with van der Waals surface area (Å²) in [4.78, 5) is 4.89. The van der Waals surface area contributed by atoms with Gasteiger partial charge in [0.1, 0.15) is 0 Å². The Hall–Kier alpha value is -0.160. The summed E-state index contributed by atoms with van der Waals surface area (Å²) >= 11 is 0. The van der Waals surface area contributed by atoms with Gasteiger partial charge in [0.2, 0.25) is 0 Å². The highest BCUT2D eigenvalue weighted by Gasteiger charge is 2.19. The molecule has 1 aliphatic rings. The first kappa shape index (κ1) is 15.9. The monoisotopic (exact) mass is 257 g/mol. The van der Waals surface area contributed by atoms with Crippen LogP contribution in [0.25, 0.3) is 0 Å². The zero-order chi connectivity index (χ0) is 13.4. The van der Waals surface area contributed by atoms with Gasteiger partial charge in [-0.1, -0.05) is 20.8 Å². The van der Waals surface area contributed by atoms with Crippen molar-refractivity contribution in [2.45, 2.75) is 26.9 Å². The van der Waals surface area contributed by atoms with Gasteiger partial charge >= 0.3 is 0 Å². The number of nitrogens with zero attached hydrogens (tertiary/aromatic N) is 2. The molecule has 1 N–H and O–H groups in total. The molecule has 1 aliphatic heterocycles. The second-order valence-corrected chi connectivity index (χ2v) is 5.74. The molecule has 0 unspecified atom stereocenters. The number of morpholine rings is 1. The zero-order valence-corrected chi connectivity index (χ0v) is 12.6. The van der Waals surface area contributed by atoms with Crippen LogP contribution in [0.5, 0.6) is 0 Å². The minimum absolute atomic E-state index is 0.365. The van der Waals surface area contributed by atoms with Crippen molar-refractivity contribution >= 4 is 0 Å². The Kier molecular flexibility index (Phi) is 7.82. The van der Waals surface area contributed by atoms with E-state index < -0.39 is 0 Å². The van der Waals surface area contributed by atoms with Crippen LogP contribution in [0.1, 0.15) is 20.8 Å². The quantitative estimate of drug-likeness (QED) is 0.699. The largest absolute Gasteiger partial charge is 0.374 e. The van der Waals surface area contributed by atoms with Gasteiger partial charge in [0.05, 0.1) is 12.7 Å². The van der Waals surface area contributed by atoms with Crippen molar-refractivity contribution in [1.29, 1.82) is 0 Å². The first-order valence-corrected chi connectivity index (χ1v) is 7.35. The molecule has 0 aromatic heterocycles. The van der Waals surface area contributed by atoms with E-state index in [0.29, 0.717) is 12.0 Å². The van der Waals surface area contributed by atoms with Crippen LogP contribution in [0.2, 0.25) is 0 Å². The fourth-order valence-corrected chi connectivity index (χ4v) is 2.11. The summed E-state index contributed by atoms with van der Waals surface area (Å²) in [6.45, 7) is 15.2. The SMILES string of the molecule is CCN(C)CCN1CCO[C@@H](CNCC(C)C)C1. The molecule has 0 radical (unpaired) electrons. The van der Waals surface area contributed by atoms with Crippen LogP contribution in [0, 0.1) is 5.92 Å². The van der Waals surface area contributed by atoms with Crippen LogP contribution in [0.15, 0.2) is 0 Å². The maximum atomic E-state index is 5.81. The Labute approximate surface area is 113 Å². The number of rotatable bonds is 8. The first-order chi connectivity index (χ1) is 8.61. The van der Waals surface area contributed by atoms with Crippen molar-refractivity contribution in [3.8, 4) is 0 Å². The third kappa shape index (κ3) is 6.69.